The molecule has 0 aliphatic carbocycles. The summed E-state index contributed by atoms with van der Waals surface area (Å²) in [5.41, 5.74) is 1.77. The van der Waals surface area contributed by atoms with Gasteiger partial charge in [-0.05, 0) is 35.7 Å². The third kappa shape index (κ3) is 3.71. The second-order valence-corrected chi connectivity index (χ2v) is 5.78. The molecular formula is C18H18N2O4. The number of carboxylic acids is 1. The van der Waals surface area contributed by atoms with Gasteiger partial charge < -0.3 is 15.2 Å². The molecule has 0 fully saturated rings. The molecule has 0 spiro atoms. The van der Waals surface area contributed by atoms with Crippen molar-refractivity contribution >= 4 is 11.9 Å². The molecule has 0 saturated heterocycles. The number of carboxylic acid groups (broad SMARTS) is 1. The minimum atomic E-state index is -1.06. The summed E-state index contributed by atoms with van der Waals surface area (Å²) in [4.78, 5) is 27.8. The highest BCUT2D eigenvalue weighted by molar-refractivity contribution is 5.85. The van der Waals surface area contributed by atoms with Gasteiger partial charge in [0.15, 0.2) is 0 Å². The highest BCUT2D eigenvalue weighted by Crippen LogP contribution is 2.26. The van der Waals surface area contributed by atoms with Crippen molar-refractivity contribution in [2.24, 2.45) is 5.92 Å². The van der Waals surface area contributed by atoms with Gasteiger partial charge in [-0.25, -0.2) is 4.79 Å². The second-order valence-electron chi connectivity index (χ2n) is 5.78. The van der Waals surface area contributed by atoms with Crippen molar-refractivity contribution in [2.45, 2.75) is 18.9 Å². The smallest absolute Gasteiger partial charge is 0.326 e. The van der Waals surface area contributed by atoms with Crippen LogP contribution in [0, 0.1) is 5.92 Å². The molecule has 1 aliphatic rings. The van der Waals surface area contributed by atoms with Crippen LogP contribution in [0.25, 0.3) is 0 Å². The Hall–Kier alpha value is -2.89. The number of hydrogen-bond acceptors (Lipinski definition) is 4. The zero-order valence-electron chi connectivity index (χ0n) is 13.0. The lowest BCUT2D eigenvalue weighted by molar-refractivity contribution is -0.142. The minimum Gasteiger partial charge on any atom is -0.492 e. The molecule has 124 valence electrons. The van der Waals surface area contributed by atoms with Crippen LogP contribution in [0.3, 0.4) is 0 Å². The topological polar surface area (TPSA) is 88.5 Å². The Balaban J connectivity index is 1.65. The van der Waals surface area contributed by atoms with Gasteiger partial charge in [-0.1, -0.05) is 18.2 Å². The molecule has 24 heavy (non-hydrogen) atoms. The fraction of sp³-hybridized carbons (Fsp3) is 0.278. The molecule has 6 heteroatoms. The van der Waals surface area contributed by atoms with Gasteiger partial charge in [-0.15, -0.1) is 0 Å². The maximum atomic E-state index is 12.4. The van der Waals surface area contributed by atoms with E-state index in [0.29, 0.717) is 6.42 Å². The van der Waals surface area contributed by atoms with Crippen molar-refractivity contribution in [3.8, 4) is 5.75 Å². The lowest BCUT2D eigenvalue weighted by atomic mass is 9.95. The van der Waals surface area contributed by atoms with Gasteiger partial charge in [0.1, 0.15) is 18.4 Å². The zero-order chi connectivity index (χ0) is 16.9. The molecule has 2 aromatic rings. The number of benzene rings is 1. The van der Waals surface area contributed by atoms with E-state index in [4.69, 9.17) is 4.74 Å². The van der Waals surface area contributed by atoms with E-state index in [1.165, 1.54) is 0 Å². The molecule has 2 unspecified atom stereocenters. The first kappa shape index (κ1) is 16.0. The molecule has 2 N–H and O–H groups in total. The maximum Gasteiger partial charge on any atom is 0.326 e. The first-order chi connectivity index (χ1) is 11.6. The number of ether oxygens (including phenoxy) is 1. The van der Waals surface area contributed by atoms with E-state index in [1.807, 2.05) is 24.3 Å². The second kappa shape index (κ2) is 7.12. The van der Waals surface area contributed by atoms with Crippen molar-refractivity contribution in [1.82, 2.24) is 10.3 Å². The van der Waals surface area contributed by atoms with Gasteiger partial charge in [0.25, 0.3) is 0 Å². The van der Waals surface area contributed by atoms with Gasteiger partial charge in [-0.3, -0.25) is 9.78 Å². The molecule has 0 radical (unpaired) electrons. The van der Waals surface area contributed by atoms with E-state index in [1.54, 1.807) is 24.5 Å². The van der Waals surface area contributed by atoms with Crippen molar-refractivity contribution < 1.29 is 19.4 Å². The van der Waals surface area contributed by atoms with Crippen LogP contribution >= 0.6 is 0 Å². The molecule has 3 rings (SSSR count). The normalized spacial score (nSPS) is 17.2. The Labute approximate surface area is 139 Å². The fourth-order valence-corrected chi connectivity index (χ4v) is 2.74. The summed E-state index contributed by atoms with van der Waals surface area (Å²) < 4.78 is 5.60. The number of pyridine rings is 1. The van der Waals surface area contributed by atoms with E-state index in [2.05, 4.69) is 10.3 Å². The van der Waals surface area contributed by atoms with Gasteiger partial charge in [-0.2, -0.15) is 0 Å². The number of fused-ring (bicyclic) bond motifs is 1. The first-order valence-corrected chi connectivity index (χ1v) is 7.76. The summed E-state index contributed by atoms with van der Waals surface area (Å²) in [5, 5.41) is 12.0. The average Bonchev–Trinajstić information content (AvgIpc) is 2.61. The van der Waals surface area contributed by atoms with Crippen LogP contribution in [0.15, 0.2) is 48.8 Å². The molecule has 6 nitrogen and oxygen atoms in total. The highest BCUT2D eigenvalue weighted by Gasteiger charge is 2.29. The number of para-hydroxylation sites is 1. The summed E-state index contributed by atoms with van der Waals surface area (Å²) in [5.74, 6) is -0.962. The van der Waals surface area contributed by atoms with Gasteiger partial charge in [0.05, 0.1) is 5.92 Å². The number of carbonyl (C=O) groups excluding carboxylic acids is 1. The largest absolute Gasteiger partial charge is 0.492 e. The van der Waals surface area contributed by atoms with Crippen LogP contribution < -0.4 is 10.1 Å². The summed E-state index contributed by atoms with van der Waals surface area (Å²) in [6, 6.07) is 10.1. The fourth-order valence-electron chi connectivity index (χ4n) is 2.74. The molecule has 1 aliphatic heterocycles. The average molecular weight is 326 g/mol. The molecule has 1 aromatic heterocycles. The predicted molar refractivity (Wildman–Crippen MR) is 86.6 cm³/mol. The Morgan fingerprint density at radius 1 is 1.25 bits per heavy atom. The van der Waals surface area contributed by atoms with E-state index in [9.17, 15) is 14.7 Å². The number of hydrogen-bond donors (Lipinski definition) is 2. The Morgan fingerprint density at radius 2 is 2.00 bits per heavy atom. The predicted octanol–water partition coefficient (Wildman–Crippen LogP) is 1.44. The molecule has 1 aromatic carbocycles. The van der Waals surface area contributed by atoms with Crippen molar-refractivity contribution in [3.63, 3.8) is 0 Å². The first-order valence-electron chi connectivity index (χ1n) is 7.76. The summed E-state index contributed by atoms with van der Waals surface area (Å²) in [6.07, 6.45) is 3.96. The van der Waals surface area contributed by atoms with E-state index >= 15 is 0 Å². The number of aromatic nitrogens is 1. The number of nitrogens with one attached hydrogen (secondary N) is 1. The number of carbonyl (C=O) groups is 2. The Morgan fingerprint density at radius 3 is 2.75 bits per heavy atom. The SMILES string of the molecule is O=C(NC(Cc1ccncc1)C(=O)O)C1COc2ccccc2C1. The zero-order valence-corrected chi connectivity index (χ0v) is 13.0. The van der Waals surface area contributed by atoms with E-state index in [-0.39, 0.29) is 24.9 Å². The van der Waals surface area contributed by atoms with Crippen molar-refractivity contribution in [3.05, 3.63) is 59.9 Å². The lowest BCUT2D eigenvalue weighted by Crippen LogP contribution is -2.47. The molecule has 1 amide bonds. The van der Waals surface area contributed by atoms with Gasteiger partial charge in [0.2, 0.25) is 5.91 Å². The number of amides is 1. The minimum absolute atomic E-state index is 0.216. The molecule has 0 saturated carbocycles. The van der Waals surface area contributed by atoms with Gasteiger partial charge in [0, 0.05) is 18.8 Å². The maximum absolute atomic E-state index is 12.4. The Bertz CT molecular complexity index is 733. The number of rotatable bonds is 5. The quantitative estimate of drug-likeness (QED) is 0.868. The molecule has 2 heterocycles. The molecule has 2 atom stereocenters. The summed E-state index contributed by atoms with van der Waals surface area (Å²) >= 11 is 0. The van der Waals surface area contributed by atoms with Crippen LogP contribution in [0.2, 0.25) is 0 Å². The van der Waals surface area contributed by atoms with Crippen LogP contribution in [-0.4, -0.2) is 34.6 Å². The van der Waals surface area contributed by atoms with Crippen LogP contribution in [-0.2, 0) is 22.4 Å². The Kier molecular flexibility index (Phi) is 4.74. The van der Waals surface area contributed by atoms with Crippen LogP contribution in [0.4, 0.5) is 0 Å². The van der Waals surface area contributed by atoms with Crippen LogP contribution in [0.5, 0.6) is 5.75 Å². The monoisotopic (exact) mass is 326 g/mol. The van der Waals surface area contributed by atoms with E-state index in [0.717, 1.165) is 16.9 Å². The number of aliphatic carboxylic acids is 1. The summed E-state index contributed by atoms with van der Waals surface area (Å²) in [7, 11) is 0. The van der Waals surface area contributed by atoms with Gasteiger partial charge >= 0.3 is 5.97 Å². The third-order valence-corrected chi connectivity index (χ3v) is 4.05. The van der Waals surface area contributed by atoms with E-state index < -0.39 is 12.0 Å². The third-order valence-electron chi connectivity index (χ3n) is 4.05. The standard InChI is InChI=1S/C18H18N2O4/c21-17(14-10-13-3-1-2-4-16(13)24-11-14)20-15(18(22)23)9-12-5-7-19-8-6-12/h1-8,14-15H,9-11H2,(H,20,21)(H,22,23). The number of nitrogens with zero attached hydrogens (tertiary/aromatic N) is 1. The van der Waals surface area contributed by atoms with Crippen molar-refractivity contribution in [1.29, 1.82) is 0 Å². The molecular weight excluding hydrogens is 308 g/mol. The molecule has 0 bridgehead atoms. The summed E-state index contributed by atoms with van der Waals surface area (Å²) in [6.45, 7) is 0.254. The highest BCUT2D eigenvalue weighted by atomic mass is 16.5. The lowest BCUT2D eigenvalue weighted by Gasteiger charge is -2.26. The van der Waals surface area contributed by atoms with Crippen LogP contribution in [0.1, 0.15) is 11.1 Å². The van der Waals surface area contributed by atoms with Crippen molar-refractivity contribution in [2.75, 3.05) is 6.61 Å².